The molecule has 1 fully saturated rings. The molecule has 1 saturated carbocycles. The highest BCUT2D eigenvalue weighted by atomic mass is 79.9. The first-order chi connectivity index (χ1) is 9.13. The highest BCUT2D eigenvalue weighted by molar-refractivity contribution is 9.10. The Labute approximate surface area is 127 Å². The van der Waals surface area contributed by atoms with Gasteiger partial charge in [0.15, 0.2) is 0 Å². The van der Waals surface area contributed by atoms with Gasteiger partial charge in [0.25, 0.3) is 0 Å². The van der Waals surface area contributed by atoms with Gasteiger partial charge < -0.3 is 14.5 Å². The SMILES string of the molecule is CCOC1(c2nc(=S)c(Br)c(COC)[nH]2)CCCC1. The summed E-state index contributed by atoms with van der Waals surface area (Å²) in [5.74, 6) is 0.840. The Balaban J connectivity index is 2.45. The van der Waals surface area contributed by atoms with Crippen molar-refractivity contribution in [3.05, 3.63) is 20.6 Å². The van der Waals surface area contributed by atoms with Crippen molar-refractivity contribution in [2.24, 2.45) is 0 Å². The molecule has 1 aromatic rings. The largest absolute Gasteiger partial charge is 0.378 e. The van der Waals surface area contributed by atoms with Gasteiger partial charge in [-0.15, -0.1) is 0 Å². The second kappa shape index (κ2) is 6.43. The van der Waals surface area contributed by atoms with Crippen molar-refractivity contribution in [2.75, 3.05) is 13.7 Å². The first kappa shape index (κ1) is 15.1. The fourth-order valence-electron chi connectivity index (χ4n) is 2.64. The molecule has 1 N–H and O–H groups in total. The number of nitrogens with zero attached hydrogens (tertiary/aromatic N) is 1. The zero-order chi connectivity index (χ0) is 13.9. The van der Waals surface area contributed by atoms with Crippen LogP contribution in [0.2, 0.25) is 0 Å². The Hall–Kier alpha value is -0.300. The van der Waals surface area contributed by atoms with E-state index in [-0.39, 0.29) is 5.60 Å². The third kappa shape index (κ3) is 3.07. The van der Waals surface area contributed by atoms with Gasteiger partial charge in [0.2, 0.25) is 0 Å². The second-order valence-corrected chi connectivity index (χ2v) is 5.93. The number of hydrogen-bond acceptors (Lipinski definition) is 4. The van der Waals surface area contributed by atoms with E-state index < -0.39 is 0 Å². The van der Waals surface area contributed by atoms with E-state index in [1.165, 1.54) is 0 Å². The average molecular weight is 347 g/mol. The van der Waals surface area contributed by atoms with E-state index in [9.17, 15) is 0 Å². The van der Waals surface area contributed by atoms with Crippen LogP contribution in [0.25, 0.3) is 0 Å². The maximum Gasteiger partial charge on any atom is 0.144 e. The van der Waals surface area contributed by atoms with E-state index in [0.717, 1.165) is 41.7 Å². The highest BCUT2D eigenvalue weighted by Gasteiger charge is 2.39. The summed E-state index contributed by atoms with van der Waals surface area (Å²) in [6.45, 7) is 3.17. The first-order valence-electron chi connectivity index (χ1n) is 6.55. The molecular formula is C13H19BrN2O2S. The number of ether oxygens (including phenoxy) is 2. The lowest BCUT2D eigenvalue weighted by Crippen LogP contribution is -2.29. The van der Waals surface area contributed by atoms with Crippen LogP contribution < -0.4 is 0 Å². The molecular weight excluding hydrogens is 328 g/mol. The second-order valence-electron chi connectivity index (χ2n) is 4.75. The molecule has 0 aromatic carbocycles. The fourth-order valence-corrected chi connectivity index (χ4v) is 3.15. The number of H-pyrrole nitrogens is 1. The molecule has 1 aliphatic rings. The number of nitrogens with one attached hydrogen (secondary N) is 1. The quantitative estimate of drug-likeness (QED) is 0.822. The maximum absolute atomic E-state index is 6.01. The summed E-state index contributed by atoms with van der Waals surface area (Å²) in [5.41, 5.74) is 0.620. The van der Waals surface area contributed by atoms with E-state index in [4.69, 9.17) is 21.7 Å². The molecule has 19 heavy (non-hydrogen) atoms. The number of hydrogen-bond donors (Lipinski definition) is 1. The van der Waals surface area contributed by atoms with Gasteiger partial charge >= 0.3 is 0 Å². The molecule has 1 aromatic heterocycles. The lowest BCUT2D eigenvalue weighted by Gasteiger charge is -2.28. The Kier molecular flexibility index (Phi) is 5.11. The van der Waals surface area contributed by atoms with Gasteiger partial charge in [0.1, 0.15) is 16.1 Å². The lowest BCUT2D eigenvalue weighted by atomic mass is 10.0. The molecule has 0 unspecified atom stereocenters. The minimum absolute atomic E-state index is 0.300. The van der Waals surface area contributed by atoms with Gasteiger partial charge in [-0.1, -0.05) is 12.2 Å². The van der Waals surface area contributed by atoms with Gasteiger partial charge in [-0.25, -0.2) is 4.98 Å². The monoisotopic (exact) mass is 346 g/mol. The predicted molar refractivity (Wildman–Crippen MR) is 79.6 cm³/mol. The van der Waals surface area contributed by atoms with Crippen LogP contribution in [-0.2, 0) is 21.7 Å². The van der Waals surface area contributed by atoms with Gasteiger partial charge in [0, 0.05) is 13.7 Å². The minimum Gasteiger partial charge on any atom is -0.378 e. The summed E-state index contributed by atoms with van der Waals surface area (Å²) in [4.78, 5) is 7.87. The van der Waals surface area contributed by atoms with Crippen LogP contribution in [0.5, 0.6) is 0 Å². The van der Waals surface area contributed by atoms with Crippen LogP contribution in [0.1, 0.15) is 44.1 Å². The molecule has 6 heteroatoms. The zero-order valence-corrected chi connectivity index (χ0v) is 13.7. The summed E-state index contributed by atoms with van der Waals surface area (Å²) in [5, 5.41) is 0. The molecule has 0 atom stereocenters. The molecule has 1 aliphatic carbocycles. The summed E-state index contributed by atoms with van der Waals surface area (Å²) < 4.78 is 12.6. The van der Waals surface area contributed by atoms with Crippen LogP contribution in [0, 0.1) is 4.64 Å². The highest BCUT2D eigenvalue weighted by Crippen LogP contribution is 2.41. The Morgan fingerprint density at radius 3 is 2.68 bits per heavy atom. The topological polar surface area (TPSA) is 47.1 Å². The Morgan fingerprint density at radius 2 is 2.11 bits per heavy atom. The molecule has 1 heterocycles. The van der Waals surface area contributed by atoms with Gasteiger partial charge in [-0.3, -0.25) is 0 Å². The predicted octanol–water partition coefficient (Wildman–Crippen LogP) is 3.85. The molecule has 4 nitrogen and oxygen atoms in total. The van der Waals surface area contributed by atoms with E-state index in [1.54, 1.807) is 7.11 Å². The summed E-state index contributed by atoms with van der Waals surface area (Å²) in [6.07, 6.45) is 4.32. The van der Waals surface area contributed by atoms with E-state index in [2.05, 4.69) is 25.9 Å². The van der Waals surface area contributed by atoms with Gasteiger partial charge in [-0.2, -0.15) is 0 Å². The number of methoxy groups -OCH3 is 1. The molecule has 0 aliphatic heterocycles. The third-order valence-electron chi connectivity index (χ3n) is 3.49. The zero-order valence-electron chi connectivity index (χ0n) is 11.3. The third-order valence-corrected chi connectivity index (χ3v) is 4.90. The van der Waals surface area contributed by atoms with Crippen LogP contribution in [-0.4, -0.2) is 23.7 Å². The van der Waals surface area contributed by atoms with Crippen molar-refractivity contribution in [2.45, 2.75) is 44.8 Å². The average Bonchev–Trinajstić information content (AvgIpc) is 2.85. The molecule has 0 spiro atoms. The van der Waals surface area contributed by atoms with E-state index >= 15 is 0 Å². The Bertz CT molecular complexity index is 498. The normalized spacial score (nSPS) is 17.8. The van der Waals surface area contributed by atoms with Crippen molar-refractivity contribution in [1.82, 2.24) is 9.97 Å². The van der Waals surface area contributed by atoms with Crippen molar-refractivity contribution in [3.8, 4) is 0 Å². The first-order valence-corrected chi connectivity index (χ1v) is 7.75. The standard InChI is InChI=1S/C13H19BrN2O2S/c1-3-18-13(6-4-5-7-13)12-15-9(8-17-2)10(14)11(19)16-12/h3-8H2,1-2H3,(H,15,16,19). The molecule has 0 amide bonds. The van der Waals surface area contributed by atoms with Crippen molar-refractivity contribution >= 4 is 28.1 Å². The van der Waals surface area contributed by atoms with E-state index in [0.29, 0.717) is 17.9 Å². The molecule has 0 radical (unpaired) electrons. The lowest BCUT2D eigenvalue weighted by molar-refractivity contribution is -0.0461. The van der Waals surface area contributed by atoms with Crippen LogP contribution in [0.4, 0.5) is 0 Å². The number of rotatable bonds is 5. The smallest absolute Gasteiger partial charge is 0.144 e. The number of aromatic nitrogens is 2. The minimum atomic E-state index is -0.300. The van der Waals surface area contributed by atoms with Gasteiger partial charge in [0.05, 0.1) is 16.8 Å². The summed E-state index contributed by atoms with van der Waals surface area (Å²) in [6, 6.07) is 0. The van der Waals surface area contributed by atoms with Gasteiger partial charge in [-0.05, 0) is 48.5 Å². The van der Waals surface area contributed by atoms with Crippen LogP contribution >= 0.6 is 28.1 Å². The van der Waals surface area contributed by atoms with Crippen molar-refractivity contribution < 1.29 is 9.47 Å². The molecule has 0 bridgehead atoms. The van der Waals surface area contributed by atoms with Crippen LogP contribution in [0.15, 0.2) is 4.47 Å². The number of halogens is 1. The van der Waals surface area contributed by atoms with Crippen molar-refractivity contribution in [1.29, 1.82) is 0 Å². The maximum atomic E-state index is 6.01. The fraction of sp³-hybridized carbons (Fsp3) is 0.692. The Morgan fingerprint density at radius 1 is 1.42 bits per heavy atom. The number of aromatic amines is 1. The van der Waals surface area contributed by atoms with Crippen LogP contribution in [0.3, 0.4) is 0 Å². The van der Waals surface area contributed by atoms with Crippen molar-refractivity contribution in [3.63, 3.8) is 0 Å². The summed E-state index contributed by atoms with van der Waals surface area (Å²) >= 11 is 8.78. The molecule has 2 rings (SSSR count). The van der Waals surface area contributed by atoms with E-state index in [1.807, 2.05) is 6.92 Å². The molecule has 0 saturated heterocycles. The molecule has 106 valence electrons. The summed E-state index contributed by atoms with van der Waals surface area (Å²) in [7, 11) is 1.66.